The van der Waals surface area contributed by atoms with Gasteiger partial charge in [0.15, 0.2) is 5.76 Å². The lowest BCUT2D eigenvalue weighted by atomic mass is 10.3. The van der Waals surface area contributed by atoms with Crippen LogP contribution in [0.25, 0.3) is 0 Å². The van der Waals surface area contributed by atoms with Gasteiger partial charge in [0.1, 0.15) is 12.1 Å². The molecule has 8 heteroatoms. The lowest BCUT2D eigenvalue weighted by molar-refractivity contribution is -0.110. The van der Waals surface area contributed by atoms with Crippen LogP contribution in [0.4, 0.5) is 5.13 Å². The highest BCUT2D eigenvalue weighted by atomic mass is 32.1. The molecule has 1 saturated carbocycles. The van der Waals surface area contributed by atoms with Crippen LogP contribution in [0.3, 0.4) is 0 Å². The Morgan fingerprint density at radius 3 is 3.05 bits per heavy atom. The molecule has 0 bridgehead atoms. The summed E-state index contributed by atoms with van der Waals surface area (Å²) >= 11 is 1.38. The third-order valence-electron chi connectivity index (χ3n) is 2.74. The van der Waals surface area contributed by atoms with Gasteiger partial charge in [0.25, 0.3) is 5.91 Å². The van der Waals surface area contributed by atoms with Gasteiger partial charge in [-0.2, -0.15) is 0 Å². The van der Waals surface area contributed by atoms with E-state index in [2.05, 4.69) is 25.5 Å². The molecule has 0 aromatic carbocycles. The first-order valence-electron chi connectivity index (χ1n) is 6.07. The molecule has 104 valence electrons. The summed E-state index contributed by atoms with van der Waals surface area (Å²) in [5, 5.41) is 15.8. The van der Waals surface area contributed by atoms with Crippen molar-refractivity contribution in [1.29, 1.82) is 0 Å². The van der Waals surface area contributed by atoms with Crippen molar-refractivity contribution in [3.63, 3.8) is 0 Å². The smallest absolute Gasteiger partial charge is 0.283 e. The molecule has 20 heavy (non-hydrogen) atoms. The maximum absolute atomic E-state index is 12.2. The molecule has 3 rings (SSSR count). The summed E-state index contributed by atoms with van der Waals surface area (Å²) in [5.74, 6) is 0.395. The summed E-state index contributed by atoms with van der Waals surface area (Å²) in [6.45, 7) is 0. The number of rotatable bonds is 5. The number of amides is 1. The zero-order valence-corrected chi connectivity index (χ0v) is 11.5. The van der Waals surface area contributed by atoms with Crippen molar-refractivity contribution in [2.24, 2.45) is 5.16 Å². The van der Waals surface area contributed by atoms with Crippen molar-refractivity contribution in [3.8, 4) is 0 Å². The van der Waals surface area contributed by atoms with Crippen molar-refractivity contribution in [2.45, 2.75) is 18.8 Å². The molecular formula is C12H12N4O3S. The molecule has 0 saturated heterocycles. The van der Waals surface area contributed by atoms with E-state index in [-0.39, 0.29) is 5.71 Å². The van der Waals surface area contributed by atoms with Crippen molar-refractivity contribution in [2.75, 3.05) is 12.4 Å². The Hall–Kier alpha value is -2.22. The van der Waals surface area contributed by atoms with E-state index in [9.17, 15) is 4.79 Å². The predicted molar refractivity (Wildman–Crippen MR) is 72.8 cm³/mol. The predicted octanol–water partition coefficient (Wildman–Crippen LogP) is 2.00. The van der Waals surface area contributed by atoms with E-state index < -0.39 is 5.91 Å². The molecule has 0 radical (unpaired) electrons. The van der Waals surface area contributed by atoms with E-state index in [1.807, 2.05) is 0 Å². The number of hydrogen-bond acceptors (Lipinski definition) is 7. The number of furan rings is 1. The van der Waals surface area contributed by atoms with E-state index >= 15 is 0 Å². The fourth-order valence-corrected chi connectivity index (χ4v) is 2.55. The molecule has 1 aliphatic rings. The fraction of sp³-hybridized carbons (Fsp3) is 0.333. The molecule has 1 fully saturated rings. The molecule has 0 aliphatic heterocycles. The Bertz CT molecular complexity index is 631. The molecule has 1 aliphatic carbocycles. The number of anilines is 1. The SMILES string of the molecule is CO/N=C(/C(=O)Nc1nnc(C2CC2)s1)c1ccco1. The zero-order valence-electron chi connectivity index (χ0n) is 10.7. The van der Waals surface area contributed by atoms with Gasteiger partial charge in [0, 0.05) is 5.92 Å². The van der Waals surface area contributed by atoms with Gasteiger partial charge >= 0.3 is 0 Å². The van der Waals surface area contributed by atoms with Gasteiger partial charge in [-0.25, -0.2) is 0 Å². The summed E-state index contributed by atoms with van der Waals surface area (Å²) in [7, 11) is 1.37. The fourth-order valence-electron chi connectivity index (χ4n) is 1.64. The van der Waals surface area contributed by atoms with Gasteiger partial charge in [-0.1, -0.05) is 16.5 Å². The number of nitrogens with one attached hydrogen (secondary N) is 1. The van der Waals surface area contributed by atoms with Crippen LogP contribution >= 0.6 is 11.3 Å². The second-order valence-electron chi connectivity index (χ2n) is 4.27. The first kappa shape index (κ1) is 12.8. The van der Waals surface area contributed by atoms with Crippen LogP contribution in [-0.4, -0.2) is 28.9 Å². The second-order valence-corrected chi connectivity index (χ2v) is 5.28. The molecule has 1 N–H and O–H groups in total. The Morgan fingerprint density at radius 2 is 2.40 bits per heavy atom. The summed E-state index contributed by atoms with van der Waals surface area (Å²) in [6, 6.07) is 3.30. The first-order chi connectivity index (χ1) is 9.78. The van der Waals surface area contributed by atoms with Gasteiger partial charge in [-0.05, 0) is 25.0 Å². The highest BCUT2D eigenvalue weighted by Crippen LogP contribution is 2.42. The normalized spacial score (nSPS) is 15.2. The number of aromatic nitrogens is 2. The molecule has 0 unspecified atom stereocenters. The Balaban J connectivity index is 1.74. The summed E-state index contributed by atoms with van der Waals surface area (Å²) < 4.78 is 5.16. The minimum absolute atomic E-state index is 0.0562. The summed E-state index contributed by atoms with van der Waals surface area (Å²) in [4.78, 5) is 16.8. The maximum Gasteiger partial charge on any atom is 0.283 e. The van der Waals surface area contributed by atoms with Gasteiger partial charge in [0.2, 0.25) is 10.8 Å². The number of hydrogen-bond donors (Lipinski definition) is 1. The van der Waals surface area contributed by atoms with E-state index in [0.717, 1.165) is 17.8 Å². The number of carbonyl (C=O) groups is 1. The van der Waals surface area contributed by atoms with E-state index in [1.165, 1.54) is 24.7 Å². The van der Waals surface area contributed by atoms with Crippen LogP contribution in [-0.2, 0) is 9.63 Å². The average Bonchev–Trinajstić information content (AvgIpc) is 2.97. The monoisotopic (exact) mass is 292 g/mol. The highest BCUT2D eigenvalue weighted by molar-refractivity contribution is 7.15. The maximum atomic E-state index is 12.2. The molecule has 0 spiro atoms. The number of carbonyl (C=O) groups excluding carboxylic acids is 1. The van der Waals surface area contributed by atoms with Crippen molar-refractivity contribution in [1.82, 2.24) is 10.2 Å². The van der Waals surface area contributed by atoms with Crippen LogP contribution in [0.15, 0.2) is 28.0 Å². The highest BCUT2D eigenvalue weighted by Gasteiger charge is 2.28. The van der Waals surface area contributed by atoms with Gasteiger partial charge < -0.3 is 9.25 Å². The van der Waals surface area contributed by atoms with Crippen molar-refractivity contribution in [3.05, 3.63) is 29.2 Å². The number of nitrogens with zero attached hydrogens (tertiary/aromatic N) is 3. The molecule has 7 nitrogen and oxygen atoms in total. The van der Waals surface area contributed by atoms with Gasteiger partial charge in [0.05, 0.1) is 6.26 Å². The zero-order chi connectivity index (χ0) is 13.9. The van der Waals surface area contributed by atoms with Gasteiger partial charge in [-0.15, -0.1) is 10.2 Å². The minimum atomic E-state index is -0.444. The van der Waals surface area contributed by atoms with E-state index in [4.69, 9.17) is 4.42 Å². The van der Waals surface area contributed by atoms with Crippen LogP contribution in [0.2, 0.25) is 0 Å². The average molecular weight is 292 g/mol. The third kappa shape index (κ3) is 2.69. The van der Waals surface area contributed by atoms with Crippen LogP contribution in [0.1, 0.15) is 29.5 Å². The molecule has 0 atom stereocenters. The standard InChI is InChI=1S/C12H12N4O3S/c1-18-16-9(8-3-2-6-19-8)10(17)13-12-15-14-11(20-12)7-4-5-7/h2-3,6-7H,4-5H2,1H3,(H,13,15,17)/b16-9+. The van der Waals surface area contributed by atoms with Crippen molar-refractivity contribution < 1.29 is 14.0 Å². The molecule has 2 heterocycles. The van der Waals surface area contributed by atoms with E-state index in [0.29, 0.717) is 16.8 Å². The third-order valence-corrected chi connectivity index (χ3v) is 3.74. The Kier molecular flexibility index (Phi) is 3.46. The van der Waals surface area contributed by atoms with Crippen LogP contribution in [0.5, 0.6) is 0 Å². The van der Waals surface area contributed by atoms with Crippen molar-refractivity contribution >= 4 is 28.1 Å². The minimum Gasteiger partial charge on any atom is -0.462 e. The van der Waals surface area contributed by atoms with E-state index in [1.54, 1.807) is 12.1 Å². The summed E-state index contributed by atoms with van der Waals surface area (Å²) in [6.07, 6.45) is 3.75. The molecular weight excluding hydrogens is 280 g/mol. The molecule has 1 amide bonds. The molecule has 2 aromatic rings. The lowest BCUT2D eigenvalue weighted by Crippen LogP contribution is -2.23. The quantitative estimate of drug-likeness (QED) is 0.672. The summed E-state index contributed by atoms with van der Waals surface area (Å²) in [5.41, 5.74) is 0.0562. The number of oxime groups is 1. The largest absolute Gasteiger partial charge is 0.462 e. The topological polar surface area (TPSA) is 89.6 Å². The lowest BCUT2D eigenvalue weighted by Gasteiger charge is -2.01. The van der Waals surface area contributed by atoms with Crippen LogP contribution in [0, 0.1) is 0 Å². The van der Waals surface area contributed by atoms with Crippen LogP contribution < -0.4 is 5.32 Å². The molecule has 2 aromatic heterocycles. The second kappa shape index (κ2) is 5.41. The Morgan fingerprint density at radius 1 is 1.55 bits per heavy atom. The van der Waals surface area contributed by atoms with Gasteiger partial charge in [-0.3, -0.25) is 10.1 Å². The Labute approximate surface area is 118 Å². The first-order valence-corrected chi connectivity index (χ1v) is 6.89.